The van der Waals surface area contributed by atoms with E-state index in [0.29, 0.717) is 10.8 Å². The molecular weight excluding hydrogens is 354 g/mol. The van der Waals surface area contributed by atoms with Gasteiger partial charge in [-0.3, -0.25) is 14.9 Å². The first-order valence-corrected chi connectivity index (χ1v) is 9.20. The van der Waals surface area contributed by atoms with E-state index in [4.69, 9.17) is 0 Å². The SMILES string of the molecule is CC[C@H]1CCc2sc(C(=O)N/N=C\c3cc([N+](=O)[O-])ccc3[O-])cc2C1. The zero-order valence-corrected chi connectivity index (χ0v) is 15.0. The molecule has 1 atom stereocenters. The molecule has 0 fully saturated rings. The lowest BCUT2D eigenvalue weighted by Crippen LogP contribution is -2.16. The summed E-state index contributed by atoms with van der Waals surface area (Å²) in [7, 11) is 0. The van der Waals surface area contributed by atoms with Crippen LogP contribution >= 0.6 is 11.3 Å². The summed E-state index contributed by atoms with van der Waals surface area (Å²) in [6.07, 6.45) is 5.44. The number of thiophene rings is 1. The minimum absolute atomic E-state index is 0.0516. The summed E-state index contributed by atoms with van der Waals surface area (Å²) >= 11 is 1.47. The number of hydrogen-bond donors (Lipinski definition) is 1. The highest BCUT2D eigenvalue weighted by molar-refractivity contribution is 7.14. The molecule has 0 spiro atoms. The van der Waals surface area contributed by atoms with Gasteiger partial charge in [-0.15, -0.1) is 11.3 Å². The van der Waals surface area contributed by atoms with Crippen molar-refractivity contribution in [3.8, 4) is 5.75 Å². The van der Waals surface area contributed by atoms with E-state index in [1.54, 1.807) is 0 Å². The second-order valence-electron chi connectivity index (χ2n) is 6.25. The van der Waals surface area contributed by atoms with E-state index in [2.05, 4.69) is 17.5 Å². The van der Waals surface area contributed by atoms with Crippen LogP contribution in [0.4, 0.5) is 5.69 Å². The Kier molecular flexibility index (Phi) is 5.32. The average molecular weight is 372 g/mol. The van der Waals surface area contributed by atoms with Crippen molar-refractivity contribution in [2.75, 3.05) is 0 Å². The third-order valence-corrected chi connectivity index (χ3v) is 5.80. The van der Waals surface area contributed by atoms with Gasteiger partial charge in [0.2, 0.25) is 0 Å². The highest BCUT2D eigenvalue weighted by Gasteiger charge is 2.21. The zero-order valence-electron chi connectivity index (χ0n) is 14.2. The Balaban J connectivity index is 1.68. The molecule has 0 saturated carbocycles. The highest BCUT2D eigenvalue weighted by atomic mass is 32.1. The van der Waals surface area contributed by atoms with E-state index >= 15 is 0 Å². The van der Waals surface area contributed by atoms with Crippen LogP contribution in [0.2, 0.25) is 0 Å². The van der Waals surface area contributed by atoms with Crippen LogP contribution in [0.15, 0.2) is 29.4 Å². The van der Waals surface area contributed by atoms with Gasteiger partial charge in [0.25, 0.3) is 11.6 Å². The molecular formula is C18H18N3O4S-. The molecule has 1 aliphatic rings. The fraction of sp³-hybridized carbons (Fsp3) is 0.333. The first-order chi connectivity index (χ1) is 12.5. The zero-order chi connectivity index (χ0) is 18.7. The number of nitro benzene ring substituents is 1. The molecule has 1 aromatic carbocycles. The van der Waals surface area contributed by atoms with E-state index in [-0.39, 0.29) is 17.2 Å². The summed E-state index contributed by atoms with van der Waals surface area (Å²) in [6, 6.07) is 5.29. The molecule has 3 rings (SSSR count). The molecule has 1 amide bonds. The number of hydrogen-bond acceptors (Lipinski definition) is 6. The Bertz CT molecular complexity index is 875. The molecule has 7 nitrogen and oxygen atoms in total. The van der Waals surface area contributed by atoms with E-state index < -0.39 is 10.7 Å². The molecule has 0 radical (unpaired) electrons. The summed E-state index contributed by atoms with van der Waals surface area (Å²) in [5.74, 6) is -0.0623. The number of carbonyl (C=O) groups is 1. The second-order valence-corrected chi connectivity index (χ2v) is 7.39. The van der Waals surface area contributed by atoms with Crippen LogP contribution in [-0.4, -0.2) is 17.0 Å². The first kappa shape index (κ1) is 18.1. The van der Waals surface area contributed by atoms with Gasteiger partial charge in [-0.05, 0) is 42.4 Å². The Morgan fingerprint density at radius 2 is 2.27 bits per heavy atom. The predicted octanol–water partition coefficient (Wildman–Crippen LogP) is 3.01. The maximum Gasteiger partial charge on any atom is 0.281 e. The van der Waals surface area contributed by atoms with Gasteiger partial charge in [0.15, 0.2) is 0 Å². The molecule has 0 saturated heterocycles. The summed E-state index contributed by atoms with van der Waals surface area (Å²) in [4.78, 5) is 24.3. The van der Waals surface area contributed by atoms with Crippen LogP contribution in [0.3, 0.4) is 0 Å². The maximum absolute atomic E-state index is 12.3. The molecule has 0 unspecified atom stereocenters. The van der Waals surface area contributed by atoms with E-state index in [0.717, 1.165) is 50.1 Å². The molecule has 1 aliphatic carbocycles. The van der Waals surface area contributed by atoms with Gasteiger partial charge < -0.3 is 5.11 Å². The number of hydrazone groups is 1. The minimum Gasteiger partial charge on any atom is -0.872 e. The number of nitrogens with one attached hydrogen (secondary N) is 1. The van der Waals surface area contributed by atoms with Gasteiger partial charge >= 0.3 is 0 Å². The van der Waals surface area contributed by atoms with Gasteiger partial charge in [-0.1, -0.05) is 25.2 Å². The molecule has 1 heterocycles. The third kappa shape index (κ3) is 3.91. The largest absolute Gasteiger partial charge is 0.872 e. The number of rotatable bonds is 5. The van der Waals surface area contributed by atoms with Gasteiger partial charge in [0, 0.05) is 17.0 Å². The predicted molar refractivity (Wildman–Crippen MR) is 97.7 cm³/mol. The van der Waals surface area contributed by atoms with Crippen molar-refractivity contribution in [1.82, 2.24) is 5.43 Å². The Hall–Kier alpha value is -2.74. The molecule has 136 valence electrons. The van der Waals surface area contributed by atoms with Crippen LogP contribution in [0, 0.1) is 16.0 Å². The number of aryl methyl sites for hydroxylation is 1. The Morgan fingerprint density at radius 1 is 1.46 bits per heavy atom. The number of amides is 1. The molecule has 2 aromatic rings. The smallest absolute Gasteiger partial charge is 0.281 e. The van der Waals surface area contributed by atoms with Crippen molar-refractivity contribution in [1.29, 1.82) is 0 Å². The molecule has 0 bridgehead atoms. The fourth-order valence-electron chi connectivity index (χ4n) is 3.03. The summed E-state index contributed by atoms with van der Waals surface area (Å²) in [5, 5.41) is 26.2. The third-order valence-electron chi connectivity index (χ3n) is 4.56. The topological polar surface area (TPSA) is 108 Å². The van der Waals surface area contributed by atoms with Gasteiger partial charge in [-0.25, -0.2) is 5.43 Å². The van der Waals surface area contributed by atoms with Crippen molar-refractivity contribution >= 4 is 29.1 Å². The number of nitro groups is 1. The number of non-ortho nitro benzene ring substituents is 1. The highest BCUT2D eigenvalue weighted by Crippen LogP contribution is 2.33. The summed E-state index contributed by atoms with van der Waals surface area (Å²) in [5.41, 5.74) is 3.48. The lowest BCUT2D eigenvalue weighted by Gasteiger charge is -2.19. The van der Waals surface area contributed by atoms with E-state index in [9.17, 15) is 20.0 Å². The van der Waals surface area contributed by atoms with Crippen LogP contribution in [0.25, 0.3) is 0 Å². The molecule has 26 heavy (non-hydrogen) atoms. The van der Waals surface area contributed by atoms with Crippen molar-refractivity contribution in [2.45, 2.75) is 32.6 Å². The second kappa shape index (κ2) is 7.65. The molecule has 8 heteroatoms. The Morgan fingerprint density at radius 3 is 3.00 bits per heavy atom. The lowest BCUT2D eigenvalue weighted by atomic mass is 9.87. The monoisotopic (exact) mass is 372 g/mol. The van der Waals surface area contributed by atoms with Crippen LogP contribution in [0.5, 0.6) is 5.75 Å². The fourth-order valence-corrected chi connectivity index (χ4v) is 4.12. The summed E-state index contributed by atoms with van der Waals surface area (Å²) in [6.45, 7) is 2.18. The standard InChI is InChI=1S/C18H19N3O4S/c1-2-11-3-6-16-12(7-11)9-17(26-16)18(23)20-19-10-13-8-14(21(24)25)4-5-15(13)22/h4-5,8-11,22H,2-3,6-7H2,1H3,(H,20,23)/p-1/b19-10-/t11-/m0/s1. The first-order valence-electron chi connectivity index (χ1n) is 8.38. The lowest BCUT2D eigenvalue weighted by molar-refractivity contribution is -0.385. The number of benzene rings is 1. The van der Waals surface area contributed by atoms with E-state index in [1.807, 2.05) is 6.07 Å². The van der Waals surface area contributed by atoms with E-state index in [1.165, 1.54) is 21.8 Å². The Labute approximate surface area is 154 Å². The van der Waals surface area contributed by atoms with Crippen LogP contribution < -0.4 is 10.5 Å². The van der Waals surface area contributed by atoms with Crippen molar-refractivity contribution in [2.24, 2.45) is 11.0 Å². The van der Waals surface area contributed by atoms with Crippen molar-refractivity contribution in [3.63, 3.8) is 0 Å². The summed E-state index contributed by atoms with van der Waals surface area (Å²) < 4.78 is 0. The number of fused-ring (bicyclic) bond motifs is 1. The van der Waals surface area contributed by atoms with Crippen LogP contribution in [-0.2, 0) is 12.8 Å². The number of carbonyl (C=O) groups excluding carboxylic acids is 1. The normalized spacial score (nSPS) is 16.4. The molecule has 1 aromatic heterocycles. The molecule has 1 N–H and O–H groups in total. The van der Waals surface area contributed by atoms with Crippen molar-refractivity contribution in [3.05, 3.63) is 55.3 Å². The quantitative estimate of drug-likeness (QED) is 0.494. The van der Waals surface area contributed by atoms with Crippen molar-refractivity contribution < 1.29 is 14.8 Å². The van der Waals surface area contributed by atoms with Gasteiger partial charge in [0.1, 0.15) is 0 Å². The number of nitrogens with zero attached hydrogens (tertiary/aromatic N) is 2. The maximum atomic E-state index is 12.3. The van der Waals surface area contributed by atoms with Crippen LogP contribution in [0.1, 0.15) is 45.4 Å². The van der Waals surface area contributed by atoms with Gasteiger partial charge in [0.05, 0.1) is 16.0 Å². The average Bonchev–Trinajstić information content (AvgIpc) is 3.06. The minimum atomic E-state index is -0.588. The molecule has 0 aliphatic heterocycles. The van der Waals surface area contributed by atoms with Gasteiger partial charge in [-0.2, -0.15) is 5.10 Å².